The van der Waals surface area contributed by atoms with Gasteiger partial charge in [-0.25, -0.2) is 4.79 Å². The predicted molar refractivity (Wildman–Crippen MR) is 91.8 cm³/mol. The zero-order valence-electron chi connectivity index (χ0n) is 15.0. The van der Waals surface area contributed by atoms with Crippen LogP contribution < -0.4 is 5.32 Å². The highest BCUT2D eigenvalue weighted by Gasteiger charge is 2.11. The van der Waals surface area contributed by atoms with Gasteiger partial charge in [-0.15, -0.1) is 0 Å². The van der Waals surface area contributed by atoms with Gasteiger partial charge in [-0.1, -0.05) is 26.7 Å². The van der Waals surface area contributed by atoms with Crippen molar-refractivity contribution < 1.29 is 4.79 Å². The van der Waals surface area contributed by atoms with E-state index in [0.29, 0.717) is 6.04 Å². The highest BCUT2D eigenvalue weighted by molar-refractivity contribution is 5.74. The number of amides is 2. The van der Waals surface area contributed by atoms with E-state index in [1.165, 1.54) is 0 Å². The maximum absolute atomic E-state index is 12.2. The summed E-state index contributed by atoms with van der Waals surface area (Å²) in [5.74, 6) is 0. The lowest BCUT2D eigenvalue weighted by Crippen LogP contribution is -2.41. The summed E-state index contributed by atoms with van der Waals surface area (Å²) in [4.78, 5) is 16.5. The second kappa shape index (κ2) is 12.9. The molecule has 0 saturated heterocycles. The second-order valence-electron chi connectivity index (χ2n) is 6.21. The SMILES string of the molecule is CCCCN(CCCC)C(=O)NCCCCN(C)C(C)C. The fourth-order valence-corrected chi connectivity index (χ4v) is 2.06. The standard InChI is InChI=1S/C17H37N3O/c1-6-8-14-20(15-9-7-2)17(21)18-12-10-11-13-19(5)16(3)4/h16H,6-15H2,1-5H3,(H,18,21). The molecule has 0 rings (SSSR count). The Morgan fingerprint density at radius 3 is 2.00 bits per heavy atom. The average molecular weight is 300 g/mol. The molecule has 0 radical (unpaired) electrons. The van der Waals surface area contributed by atoms with Gasteiger partial charge in [0.25, 0.3) is 0 Å². The highest BCUT2D eigenvalue weighted by Crippen LogP contribution is 2.01. The molecule has 0 unspecified atom stereocenters. The van der Waals surface area contributed by atoms with Crippen LogP contribution in [-0.2, 0) is 0 Å². The molecule has 0 atom stereocenters. The van der Waals surface area contributed by atoms with Crippen LogP contribution in [0.5, 0.6) is 0 Å². The number of carbonyl (C=O) groups excluding carboxylic acids is 1. The first-order valence-corrected chi connectivity index (χ1v) is 8.75. The molecule has 0 heterocycles. The summed E-state index contributed by atoms with van der Waals surface area (Å²) in [6, 6.07) is 0.715. The van der Waals surface area contributed by atoms with Gasteiger partial charge in [-0.2, -0.15) is 0 Å². The summed E-state index contributed by atoms with van der Waals surface area (Å²) < 4.78 is 0. The molecule has 21 heavy (non-hydrogen) atoms. The molecule has 0 saturated carbocycles. The number of hydrogen-bond donors (Lipinski definition) is 1. The molecule has 0 spiro atoms. The van der Waals surface area contributed by atoms with Crippen LogP contribution in [0.1, 0.15) is 66.2 Å². The Kier molecular flexibility index (Phi) is 12.5. The zero-order valence-corrected chi connectivity index (χ0v) is 15.0. The van der Waals surface area contributed by atoms with E-state index < -0.39 is 0 Å². The van der Waals surface area contributed by atoms with Crippen LogP contribution in [0.15, 0.2) is 0 Å². The molecule has 4 nitrogen and oxygen atoms in total. The molecule has 4 heteroatoms. The second-order valence-corrected chi connectivity index (χ2v) is 6.21. The molecule has 0 aromatic heterocycles. The molecular formula is C17H37N3O. The summed E-state index contributed by atoms with van der Waals surface area (Å²) >= 11 is 0. The van der Waals surface area contributed by atoms with Crippen LogP contribution in [0.2, 0.25) is 0 Å². The fourth-order valence-electron chi connectivity index (χ4n) is 2.06. The van der Waals surface area contributed by atoms with E-state index in [4.69, 9.17) is 0 Å². The van der Waals surface area contributed by atoms with Gasteiger partial charge in [0.1, 0.15) is 0 Å². The maximum Gasteiger partial charge on any atom is 0.317 e. The monoisotopic (exact) mass is 299 g/mol. The Balaban J connectivity index is 3.85. The minimum absolute atomic E-state index is 0.120. The molecule has 0 aliphatic heterocycles. The summed E-state index contributed by atoms with van der Waals surface area (Å²) in [5.41, 5.74) is 0. The number of urea groups is 1. The number of rotatable bonds is 12. The number of carbonyl (C=O) groups is 1. The summed E-state index contributed by atoms with van der Waals surface area (Å²) in [6.45, 7) is 12.4. The minimum atomic E-state index is 0.120. The zero-order chi connectivity index (χ0) is 16.1. The Bertz CT molecular complexity index is 248. The van der Waals surface area contributed by atoms with Gasteiger partial charge < -0.3 is 15.1 Å². The summed E-state index contributed by atoms with van der Waals surface area (Å²) in [5, 5.41) is 3.07. The first-order chi connectivity index (χ1) is 10.0. The lowest BCUT2D eigenvalue weighted by molar-refractivity contribution is 0.195. The lowest BCUT2D eigenvalue weighted by Gasteiger charge is -2.23. The first-order valence-electron chi connectivity index (χ1n) is 8.75. The van der Waals surface area contributed by atoms with Crippen LogP contribution in [0.3, 0.4) is 0 Å². The van der Waals surface area contributed by atoms with Gasteiger partial charge in [-0.05, 0) is 53.1 Å². The molecule has 126 valence electrons. The van der Waals surface area contributed by atoms with Crippen LogP contribution in [0, 0.1) is 0 Å². The summed E-state index contributed by atoms with van der Waals surface area (Å²) in [6.07, 6.45) is 6.65. The third-order valence-electron chi connectivity index (χ3n) is 3.95. The van der Waals surface area contributed by atoms with Crippen molar-refractivity contribution in [2.75, 3.05) is 33.2 Å². The quantitative estimate of drug-likeness (QED) is 0.558. The lowest BCUT2D eigenvalue weighted by atomic mass is 10.2. The van der Waals surface area contributed by atoms with Crippen molar-refractivity contribution in [2.24, 2.45) is 0 Å². The molecule has 0 aromatic carbocycles. The Hall–Kier alpha value is -0.770. The van der Waals surface area contributed by atoms with Gasteiger partial charge in [0.2, 0.25) is 0 Å². The number of hydrogen-bond acceptors (Lipinski definition) is 2. The molecular weight excluding hydrogens is 262 g/mol. The van der Waals surface area contributed by atoms with Crippen LogP contribution in [-0.4, -0.2) is 55.1 Å². The van der Waals surface area contributed by atoms with Gasteiger partial charge in [0.05, 0.1) is 0 Å². The van der Waals surface area contributed by atoms with Crippen molar-refractivity contribution in [3.63, 3.8) is 0 Å². The Morgan fingerprint density at radius 1 is 0.952 bits per heavy atom. The van der Waals surface area contributed by atoms with Crippen molar-refractivity contribution in [3.05, 3.63) is 0 Å². The molecule has 1 N–H and O–H groups in total. The van der Waals surface area contributed by atoms with Gasteiger partial charge in [0, 0.05) is 25.7 Å². The van der Waals surface area contributed by atoms with E-state index in [-0.39, 0.29) is 6.03 Å². The van der Waals surface area contributed by atoms with Crippen molar-refractivity contribution in [2.45, 2.75) is 72.3 Å². The molecule has 0 aliphatic carbocycles. The first kappa shape index (κ1) is 20.2. The van der Waals surface area contributed by atoms with Gasteiger partial charge in [0.15, 0.2) is 0 Å². The van der Waals surface area contributed by atoms with E-state index in [9.17, 15) is 4.79 Å². The van der Waals surface area contributed by atoms with Crippen molar-refractivity contribution in [1.29, 1.82) is 0 Å². The normalized spacial score (nSPS) is 11.2. The van der Waals surface area contributed by atoms with E-state index in [0.717, 1.165) is 64.7 Å². The number of unbranched alkanes of at least 4 members (excludes halogenated alkanes) is 3. The molecule has 0 aromatic rings. The minimum Gasteiger partial charge on any atom is -0.338 e. The topological polar surface area (TPSA) is 35.6 Å². The smallest absolute Gasteiger partial charge is 0.317 e. The predicted octanol–water partition coefficient (Wildman–Crippen LogP) is 3.72. The van der Waals surface area contributed by atoms with E-state index >= 15 is 0 Å². The van der Waals surface area contributed by atoms with E-state index in [1.54, 1.807) is 0 Å². The van der Waals surface area contributed by atoms with E-state index in [2.05, 4.69) is 45.0 Å². The van der Waals surface area contributed by atoms with Crippen LogP contribution in [0.4, 0.5) is 4.79 Å². The maximum atomic E-state index is 12.2. The third kappa shape index (κ3) is 10.6. The van der Waals surface area contributed by atoms with Crippen molar-refractivity contribution in [3.8, 4) is 0 Å². The molecule has 0 fully saturated rings. The highest BCUT2D eigenvalue weighted by atomic mass is 16.2. The Labute approximate surface area is 132 Å². The third-order valence-corrected chi connectivity index (χ3v) is 3.95. The molecule has 0 aliphatic rings. The van der Waals surface area contributed by atoms with Crippen LogP contribution in [0.25, 0.3) is 0 Å². The van der Waals surface area contributed by atoms with E-state index in [1.807, 2.05) is 4.90 Å². The van der Waals surface area contributed by atoms with Crippen molar-refractivity contribution in [1.82, 2.24) is 15.1 Å². The number of nitrogens with one attached hydrogen (secondary N) is 1. The molecule has 0 bridgehead atoms. The Morgan fingerprint density at radius 2 is 1.52 bits per heavy atom. The fraction of sp³-hybridized carbons (Fsp3) is 0.941. The summed E-state index contributed by atoms with van der Waals surface area (Å²) in [7, 11) is 2.15. The average Bonchev–Trinajstić information content (AvgIpc) is 2.46. The largest absolute Gasteiger partial charge is 0.338 e. The van der Waals surface area contributed by atoms with Gasteiger partial charge >= 0.3 is 6.03 Å². The molecule has 2 amide bonds. The number of nitrogens with zero attached hydrogens (tertiary/aromatic N) is 2. The van der Waals surface area contributed by atoms with Crippen LogP contribution >= 0.6 is 0 Å². The van der Waals surface area contributed by atoms with Gasteiger partial charge in [-0.3, -0.25) is 0 Å². The van der Waals surface area contributed by atoms with Crippen molar-refractivity contribution >= 4 is 6.03 Å².